The van der Waals surface area contributed by atoms with Gasteiger partial charge in [-0.2, -0.15) is 0 Å². The van der Waals surface area contributed by atoms with Gasteiger partial charge in [-0.25, -0.2) is 0 Å². The summed E-state index contributed by atoms with van der Waals surface area (Å²) in [7, 11) is 3.08. The maximum atomic E-state index is 12.8. The quantitative estimate of drug-likeness (QED) is 0.647. The number of methoxy groups -OCH3 is 2. The second-order valence-electron chi connectivity index (χ2n) is 6.15. The van der Waals surface area contributed by atoms with E-state index in [2.05, 4.69) is 17.2 Å². The Morgan fingerprint density at radius 2 is 1.86 bits per heavy atom. The molecule has 0 aliphatic heterocycles. The predicted octanol–water partition coefficient (Wildman–Crippen LogP) is 3.82. The Bertz CT molecular complexity index is 862. The van der Waals surface area contributed by atoms with E-state index < -0.39 is 0 Å². The Morgan fingerprint density at radius 3 is 2.50 bits per heavy atom. The molecule has 2 aromatic carbocycles. The minimum absolute atomic E-state index is 0.169. The van der Waals surface area contributed by atoms with Crippen molar-refractivity contribution in [2.45, 2.75) is 19.8 Å². The number of allylic oxidation sites excluding steroid dienone is 1. The van der Waals surface area contributed by atoms with Crippen molar-refractivity contribution in [3.05, 3.63) is 65.7 Å². The highest BCUT2D eigenvalue weighted by molar-refractivity contribution is 6.05. The molecule has 2 aromatic rings. The topological polar surface area (TPSA) is 76.7 Å². The van der Waals surface area contributed by atoms with Gasteiger partial charge in [0.05, 0.1) is 14.2 Å². The number of amides is 2. The Labute approximate surface area is 165 Å². The van der Waals surface area contributed by atoms with Crippen LogP contribution >= 0.6 is 0 Å². The fourth-order valence-corrected chi connectivity index (χ4v) is 2.76. The van der Waals surface area contributed by atoms with Crippen LogP contribution in [0.5, 0.6) is 11.5 Å². The SMILES string of the molecule is C=CCc1cc(C(=O)Nc2cccc(C(=O)NCCC)c2)cc(OC)c1OC. The van der Waals surface area contributed by atoms with E-state index in [1.165, 1.54) is 7.11 Å². The molecule has 0 aliphatic carbocycles. The van der Waals surface area contributed by atoms with Crippen LogP contribution in [0.4, 0.5) is 5.69 Å². The van der Waals surface area contributed by atoms with Gasteiger partial charge in [-0.1, -0.05) is 19.1 Å². The fourth-order valence-electron chi connectivity index (χ4n) is 2.76. The summed E-state index contributed by atoms with van der Waals surface area (Å²) in [4.78, 5) is 24.9. The van der Waals surface area contributed by atoms with Crippen molar-refractivity contribution in [3.63, 3.8) is 0 Å². The minimum atomic E-state index is -0.308. The van der Waals surface area contributed by atoms with Gasteiger partial charge >= 0.3 is 0 Å². The number of carbonyl (C=O) groups is 2. The first-order chi connectivity index (χ1) is 13.5. The lowest BCUT2D eigenvalue weighted by atomic mass is 10.0. The monoisotopic (exact) mass is 382 g/mol. The molecule has 0 unspecified atom stereocenters. The molecule has 0 aliphatic rings. The maximum absolute atomic E-state index is 12.8. The highest BCUT2D eigenvalue weighted by Gasteiger charge is 2.16. The van der Waals surface area contributed by atoms with Gasteiger partial charge in [-0.3, -0.25) is 9.59 Å². The molecule has 6 heteroatoms. The standard InChI is InChI=1S/C22H26N2O4/c1-5-8-15-12-17(14-19(27-3)20(15)28-4)22(26)24-18-10-7-9-16(13-18)21(25)23-11-6-2/h5,7,9-10,12-14H,1,6,8,11H2,2-4H3,(H,23,25)(H,24,26). The van der Waals surface area contributed by atoms with Crippen molar-refractivity contribution in [1.29, 1.82) is 0 Å². The molecule has 2 N–H and O–H groups in total. The third-order valence-corrected chi connectivity index (χ3v) is 4.10. The molecular weight excluding hydrogens is 356 g/mol. The van der Waals surface area contributed by atoms with Crippen molar-refractivity contribution >= 4 is 17.5 Å². The van der Waals surface area contributed by atoms with Crippen molar-refractivity contribution in [3.8, 4) is 11.5 Å². The summed E-state index contributed by atoms with van der Waals surface area (Å²) in [6, 6.07) is 10.2. The first-order valence-electron chi connectivity index (χ1n) is 9.09. The smallest absolute Gasteiger partial charge is 0.255 e. The Hall–Kier alpha value is -3.28. The van der Waals surface area contributed by atoms with Gasteiger partial charge in [-0.05, 0) is 43.2 Å². The van der Waals surface area contributed by atoms with Crippen LogP contribution in [-0.2, 0) is 6.42 Å². The number of ether oxygens (including phenoxy) is 2. The zero-order valence-electron chi connectivity index (χ0n) is 16.5. The molecule has 0 atom stereocenters. The Morgan fingerprint density at radius 1 is 1.07 bits per heavy atom. The van der Waals surface area contributed by atoms with Crippen molar-refractivity contribution in [2.75, 3.05) is 26.1 Å². The zero-order chi connectivity index (χ0) is 20.5. The third kappa shape index (κ3) is 5.13. The van der Waals surface area contributed by atoms with E-state index in [0.717, 1.165) is 12.0 Å². The predicted molar refractivity (Wildman–Crippen MR) is 110 cm³/mol. The van der Waals surface area contributed by atoms with Crippen LogP contribution in [-0.4, -0.2) is 32.6 Å². The van der Waals surface area contributed by atoms with E-state index in [9.17, 15) is 9.59 Å². The number of hydrogen-bond acceptors (Lipinski definition) is 4. The van der Waals surface area contributed by atoms with Crippen LogP contribution in [0.15, 0.2) is 49.1 Å². The van der Waals surface area contributed by atoms with Crippen LogP contribution in [0.3, 0.4) is 0 Å². The summed E-state index contributed by atoms with van der Waals surface area (Å²) in [5.74, 6) is 0.572. The Kier molecular flexibility index (Phi) is 7.63. The van der Waals surface area contributed by atoms with Gasteiger partial charge in [0, 0.05) is 28.9 Å². The average molecular weight is 382 g/mol. The molecule has 148 valence electrons. The van der Waals surface area contributed by atoms with E-state index in [0.29, 0.717) is 41.3 Å². The van der Waals surface area contributed by atoms with Crippen LogP contribution in [0.1, 0.15) is 39.6 Å². The molecule has 0 bridgehead atoms. The third-order valence-electron chi connectivity index (χ3n) is 4.10. The molecule has 2 amide bonds. The van der Waals surface area contributed by atoms with E-state index >= 15 is 0 Å². The van der Waals surface area contributed by atoms with Crippen molar-refractivity contribution in [1.82, 2.24) is 5.32 Å². The summed E-state index contributed by atoms with van der Waals surface area (Å²) < 4.78 is 10.8. The molecule has 0 saturated heterocycles. The second kappa shape index (κ2) is 10.2. The fraction of sp³-hybridized carbons (Fsp3) is 0.273. The molecule has 2 rings (SSSR count). The van der Waals surface area contributed by atoms with Crippen molar-refractivity contribution < 1.29 is 19.1 Å². The molecule has 0 spiro atoms. The van der Waals surface area contributed by atoms with Crippen molar-refractivity contribution in [2.24, 2.45) is 0 Å². The van der Waals surface area contributed by atoms with Gasteiger partial charge in [0.1, 0.15) is 0 Å². The lowest BCUT2D eigenvalue weighted by Gasteiger charge is -2.14. The van der Waals surface area contributed by atoms with Gasteiger partial charge in [0.2, 0.25) is 0 Å². The first kappa shape index (κ1) is 21.0. The first-order valence-corrected chi connectivity index (χ1v) is 9.09. The molecule has 0 radical (unpaired) electrons. The second-order valence-corrected chi connectivity index (χ2v) is 6.15. The number of nitrogens with one attached hydrogen (secondary N) is 2. The van der Waals surface area contributed by atoms with Gasteiger partial charge in [0.25, 0.3) is 11.8 Å². The number of carbonyl (C=O) groups excluding carboxylic acids is 2. The van der Waals surface area contributed by atoms with E-state index in [1.54, 1.807) is 49.6 Å². The van der Waals surface area contributed by atoms with Gasteiger partial charge < -0.3 is 20.1 Å². The molecule has 6 nitrogen and oxygen atoms in total. The number of benzene rings is 2. The highest BCUT2D eigenvalue weighted by Crippen LogP contribution is 2.33. The van der Waals surface area contributed by atoms with E-state index in [-0.39, 0.29) is 11.8 Å². The summed E-state index contributed by atoms with van der Waals surface area (Å²) in [5, 5.41) is 5.65. The van der Waals surface area contributed by atoms with E-state index in [1.807, 2.05) is 6.92 Å². The van der Waals surface area contributed by atoms with Gasteiger partial charge in [0.15, 0.2) is 11.5 Å². The average Bonchev–Trinajstić information content (AvgIpc) is 2.71. The maximum Gasteiger partial charge on any atom is 0.255 e. The Balaban J connectivity index is 2.26. The molecular formula is C22H26N2O4. The highest BCUT2D eigenvalue weighted by atomic mass is 16.5. The summed E-state index contributed by atoms with van der Waals surface area (Å²) in [5.41, 5.74) is 2.25. The lowest BCUT2D eigenvalue weighted by molar-refractivity contribution is 0.0952. The normalized spacial score (nSPS) is 10.1. The summed E-state index contributed by atoms with van der Waals surface area (Å²) in [6.07, 6.45) is 3.12. The van der Waals surface area contributed by atoms with Crippen LogP contribution in [0.2, 0.25) is 0 Å². The molecule has 0 heterocycles. The molecule has 28 heavy (non-hydrogen) atoms. The van der Waals surface area contributed by atoms with Crippen LogP contribution in [0.25, 0.3) is 0 Å². The number of hydrogen-bond donors (Lipinski definition) is 2. The van der Waals surface area contributed by atoms with Gasteiger partial charge in [-0.15, -0.1) is 6.58 Å². The largest absolute Gasteiger partial charge is 0.493 e. The summed E-state index contributed by atoms with van der Waals surface area (Å²) >= 11 is 0. The number of anilines is 1. The minimum Gasteiger partial charge on any atom is -0.493 e. The molecule has 0 saturated carbocycles. The molecule has 0 fully saturated rings. The number of rotatable bonds is 9. The molecule has 0 aromatic heterocycles. The van der Waals surface area contributed by atoms with Crippen LogP contribution < -0.4 is 20.1 Å². The summed E-state index contributed by atoms with van der Waals surface area (Å²) in [6.45, 7) is 6.33. The van der Waals surface area contributed by atoms with E-state index in [4.69, 9.17) is 9.47 Å². The zero-order valence-corrected chi connectivity index (χ0v) is 16.5. The van der Waals surface area contributed by atoms with Crippen LogP contribution in [0, 0.1) is 0 Å². The lowest BCUT2D eigenvalue weighted by Crippen LogP contribution is -2.24.